The summed E-state index contributed by atoms with van der Waals surface area (Å²) in [4.78, 5) is 25.0. The minimum atomic E-state index is -0.525. The number of carbonyl (C=O) groups is 1. The Morgan fingerprint density at radius 1 is 1.24 bits per heavy atom. The molecule has 0 saturated heterocycles. The molecule has 1 aromatic heterocycles. The van der Waals surface area contributed by atoms with Gasteiger partial charge in [-0.1, -0.05) is 0 Å². The topological polar surface area (TPSA) is 91.6 Å². The van der Waals surface area contributed by atoms with Crippen LogP contribution in [0.25, 0.3) is 0 Å². The number of nitrogens with zero attached hydrogens (tertiary/aromatic N) is 2. The zero-order valence-corrected chi connectivity index (χ0v) is 11.7. The number of hydrogen-bond acceptors (Lipinski definition) is 7. The molecule has 0 unspecified atom stereocenters. The molecule has 1 aromatic carbocycles. The summed E-state index contributed by atoms with van der Waals surface area (Å²) in [5, 5.41) is 11.0. The molecule has 0 atom stereocenters. The van der Waals surface area contributed by atoms with Gasteiger partial charge in [0.1, 0.15) is 23.5 Å². The SMILES string of the molecule is CC(=O)Oc1ccc(OSc2ncccc2[N+](=O)[O-])cc1. The van der Waals surface area contributed by atoms with Gasteiger partial charge in [0.25, 0.3) is 0 Å². The maximum absolute atomic E-state index is 10.8. The molecular weight excluding hydrogens is 296 g/mol. The zero-order valence-electron chi connectivity index (χ0n) is 10.9. The standard InChI is InChI=1S/C13H10N2O5S/c1-9(16)19-10-4-6-11(7-5-10)20-21-13-12(15(17)18)3-2-8-14-13/h2-8H,1H3. The first-order valence-electron chi connectivity index (χ1n) is 5.78. The Hall–Kier alpha value is -2.61. The highest BCUT2D eigenvalue weighted by Gasteiger charge is 2.16. The van der Waals surface area contributed by atoms with Crippen LogP contribution in [0.4, 0.5) is 5.69 Å². The number of aromatic nitrogens is 1. The van der Waals surface area contributed by atoms with Crippen molar-refractivity contribution < 1.29 is 18.6 Å². The molecule has 108 valence electrons. The minimum absolute atomic E-state index is 0.126. The van der Waals surface area contributed by atoms with E-state index in [0.29, 0.717) is 11.5 Å². The van der Waals surface area contributed by atoms with Crippen LogP contribution in [0.5, 0.6) is 11.5 Å². The van der Waals surface area contributed by atoms with E-state index in [1.165, 1.54) is 25.3 Å². The van der Waals surface area contributed by atoms with Crippen LogP contribution in [0, 0.1) is 10.1 Å². The molecule has 0 aliphatic heterocycles. The van der Waals surface area contributed by atoms with Gasteiger partial charge in [-0.25, -0.2) is 4.98 Å². The second kappa shape index (κ2) is 6.71. The average molecular weight is 306 g/mol. The molecule has 8 heteroatoms. The molecule has 0 radical (unpaired) electrons. The van der Waals surface area contributed by atoms with Gasteiger partial charge in [-0.2, -0.15) is 0 Å². The van der Waals surface area contributed by atoms with E-state index in [-0.39, 0.29) is 10.7 Å². The zero-order chi connectivity index (χ0) is 15.2. The van der Waals surface area contributed by atoms with Crippen LogP contribution >= 0.6 is 12.0 Å². The predicted molar refractivity (Wildman–Crippen MR) is 75.1 cm³/mol. The van der Waals surface area contributed by atoms with Gasteiger partial charge < -0.3 is 8.92 Å². The molecule has 0 aliphatic carbocycles. The van der Waals surface area contributed by atoms with Crippen molar-refractivity contribution in [1.29, 1.82) is 0 Å². The molecule has 1 heterocycles. The third-order valence-electron chi connectivity index (χ3n) is 2.25. The Labute approximate surface area is 124 Å². The maximum atomic E-state index is 10.8. The third kappa shape index (κ3) is 4.18. The van der Waals surface area contributed by atoms with Crippen LogP contribution in [0.15, 0.2) is 47.6 Å². The van der Waals surface area contributed by atoms with Gasteiger partial charge in [-0.3, -0.25) is 14.9 Å². The Bertz CT molecular complexity index is 660. The van der Waals surface area contributed by atoms with Gasteiger partial charge in [0.05, 0.1) is 4.92 Å². The highest BCUT2D eigenvalue weighted by molar-refractivity contribution is 7.95. The van der Waals surface area contributed by atoms with Gasteiger partial charge in [0, 0.05) is 19.2 Å². The number of ether oxygens (including phenoxy) is 1. The first kappa shape index (κ1) is 14.8. The Kier molecular flexibility index (Phi) is 4.72. The van der Waals surface area contributed by atoms with Gasteiger partial charge in [0.15, 0.2) is 0 Å². The minimum Gasteiger partial charge on any atom is -0.427 e. The number of benzene rings is 1. The molecule has 2 aromatic rings. The number of esters is 1. The van der Waals surface area contributed by atoms with Crippen LogP contribution < -0.4 is 8.92 Å². The maximum Gasteiger partial charge on any atom is 0.308 e. The molecular formula is C13H10N2O5S. The number of nitro groups is 1. The van der Waals surface area contributed by atoms with Crippen LogP contribution in [0.3, 0.4) is 0 Å². The van der Waals surface area contributed by atoms with E-state index in [1.54, 1.807) is 24.3 Å². The largest absolute Gasteiger partial charge is 0.427 e. The Balaban J connectivity index is 2.03. The molecule has 0 N–H and O–H groups in total. The summed E-state index contributed by atoms with van der Waals surface area (Å²) >= 11 is 0.788. The fourth-order valence-corrected chi connectivity index (χ4v) is 2.02. The molecule has 2 rings (SSSR count). The summed E-state index contributed by atoms with van der Waals surface area (Å²) in [6.07, 6.45) is 1.45. The monoisotopic (exact) mass is 306 g/mol. The fraction of sp³-hybridized carbons (Fsp3) is 0.0769. The first-order valence-corrected chi connectivity index (χ1v) is 6.53. The molecule has 21 heavy (non-hydrogen) atoms. The van der Waals surface area contributed by atoms with Crippen molar-refractivity contribution in [3.8, 4) is 11.5 Å². The first-order chi connectivity index (χ1) is 10.1. The molecule has 0 aliphatic rings. The van der Waals surface area contributed by atoms with E-state index in [0.717, 1.165) is 12.0 Å². The van der Waals surface area contributed by atoms with E-state index in [9.17, 15) is 14.9 Å². The third-order valence-corrected chi connectivity index (χ3v) is 3.00. The summed E-state index contributed by atoms with van der Waals surface area (Å²) < 4.78 is 10.2. The van der Waals surface area contributed by atoms with Crippen molar-refractivity contribution >= 4 is 23.7 Å². The lowest BCUT2D eigenvalue weighted by Gasteiger charge is -2.05. The van der Waals surface area contributed by atoms with E-state index >= 15 is 0 Å². The summed E-state index contributed by atoms with van der Waals surface area (Å²) in [5.41, 5.74) is -0.126. The second-order valence-corrected chi connectivity index (χ2v) is 4.54. The van der Waals surface area contributed by atoms with Crippen LogP contribution in [0.1, 0.15) is 6.92 Å². The van der Waals surface area contributed by atoms with Crippen molar-refractivity contribution in [1.82, 2.24) is 4.98 Å². The van der Waals surface area contributed by atoms with Crippen molar-refractivity contribution in [3.05, 3.63) is 52.7 Å². The highest BCUT2D eigenvalue weighted by atomic mass is 32.2. The van der Waals surface area contributed by atoms with E-state index in [1.807, 2.05) is 0 Å². The van der Waals surface area contributed by atoms with Crippen molar-refractivity contribution in [2.75, 3.05) is 0 Å². The summed E-state index contributed by atoms with van der Waals surface area (Å²) in [6, 6.07) is 9.12. The van der Waals surface area contributed by atoms with Crippen molar-refractivity contribution in [2.24, 2.45) is 0 Å². The fourth-order valence-electron chi connectivity index (χ4n) is 1.40. The summed E-state index contributed by atoms with van der Waals surface area (Å²) in [5.74, 6) is 0.432. The van der Waals surface area contributed by atoms with E-state index < -0.39 is 10.9 Å². The molecule has 0 amide bonds. The van der Waals surface area contributed by atoms with E-state index in [4.69, 9.17) is 8.92 Å². The van der Waals surface area contributed by atoms with Gasteiger partial charge in [0.2, 0.25) is 5.03 Å². The van der Waals surface area contributed by atoms with Gasteiger partial charge in [-0.05, 0) is 30.3 Å². The Morgan fingerprint density at radius 3 is 2.52 bits per heavy atom. The summed E-state index contributed by atoms with van der Waals surface area (Å²) in [6.45, 7) is 1.31. The van der Waals surface area contributed by atoms with Crippen molar-refractivity contribution in [3.63, 3.8) is 0 Å². The van der Waals surface area contributed by atoms with Crippen LogP contribution in [-0.2, 0) is 4.79 Å². The lowest BCUT2D eigenvalue weighted by molar-refractivity contribution is -0.388. The number of carbonyl (C=O) groups excluding carboxylic acids is 1. The molecule has 0 spiro atoms. The lowest BCUT2D eigenvalue weighted by atomic mass is 10.3. The van der Waals surface area contributed by atoms with Crippen LogP contribution in [-0.4, -0.2) is 15.9 Å². The lowest BCUT2D eigenvalue weighted by Crippen LogP contribution is -2.00. The predicted octanol–water partition coefficient (Wildman–Crippen LogP) is 3.00. The smallest absolute Gasteiger partial charge is 0.308 e. The van der Waals surface area contributed by atoms with Gasteiger partial charge >= 0.3 is 11.7 Å². The summed E-state index contributed by atoms with van der Waals surface area (Å²) in [7, 11) is 0. The number of pyridine rings is 1. The molecule has 0 bridgehead atoms. The highest BCUT2D eigenvalue weighted by Crippen LogP contribution is 2.29. The molecule has 0 fully saturated rings. The van der Waals surface area contributed by atoms with Gasteiger partial charge in [-0.15, -0.1) is 0 Å². The quantitative estimate of drug-likeness (QED) is 0.275. The average Bonchev–Trinajstić information content (AvgIpc) is 2.46. The molecule has 0 saturated carbocycles. The second-order valence-electron chi connectivity index (χ2n) is 3.82. The van der Waals surface area contributed by atoms with Crippen molar-refractivity contribution in [2.45, 2.75) is 11.9 Å². The van der Waals surface area contributed by atoms with Crippen LogP contribution in [0.2, 0.25) is 0 Å². The number of hydrogen-bond donors (Lipinski definition) is 0. The number of rotatable bonds is 5. The van der Waals surface area contributed by atoms with E-state index in [2.05, 4.69) is 4.98 Å². The molecule has 7 nitrogen and oxygen atoms in total. The normalized spacial score (nSPS) is 9.95. The Morgan fingerprint density at radius 2 is 1.90 bits per heavy atom.